The lowest BCUT2D eigenvalue weighted by atomic mass is 10.2. The third-order valence-electron chi connectivity index (χ3n) is 2.11. The number of nitrogens with two attached hydrogens (primary N) is 1. The Labute approximate surface area is 101 Å². The topological polar surface area (TPSA) is 50.5 Å². The van der Waals surface area contributed by atoms with Gasteiger partial charge in [-0.25, -0.2) is 5.43 Å². The fourth-order valence-electron chi connectivity index (χ4n) is 1.44. The number of hydrogen-bond acceptors (Lipinski definition) is 4. The molecule has 0 spiro atoms. The summed E-state index contributed by atoms with van der Waals surface area (Å²) in [5.41, 5.74) is 3.73. The van der Waals surface area contributed by atoms with E-state index >= 15 is 0 Å². The zero-order valence-electron chi connectivity index (χ0n) is 9.66. The largest absolute Gasteiger partial charge is 0.492 e. The summed E-state index contributed by atoms with van der Waals surface area (Å²) in [4.78, 5) is 2.05. The van der Waals surface area contributed by atoms with Gasteiger partial charge in [-0.3, -0.25) is 10.7 Å². The van der Waals surface area contributed by atoms with Gasteiger partial charge in [-0.05, 0) is 31.7 Å². The van der Waals surface area contributed by atoms with E-state index in [-0.39, 0.29) is 0 Å². The highest BCUT2D eigenvalue weighted by Crippen LogP contribution is 2.25. The van der Waals surface area contributed by atoms with Gasteiger partial charge in [0.25, 0.3) is 0 Å². The first kappa shape index (κ1) is 13.3. The highest BCUT2D eigenvalue weighted by atomic mass is 35.5. The van der Waals surface area contributed by atoms with Crippen LogP contribution in [0.25, 0.3) is 0 Å². The van der Waals surface area contributed by atoms with Crippen LogP contribution in [0, 0.1) is 0 Å². The molecule has 90 valence electrons. The van der Waals surface area contributed by atoms with Crippen LogP contribution in [0.2, 0.25) is 5.02 Å². The van der Waals surface area contributed by atoms with Crippen LogP contribution < -0.4 is 16.0 Å². The number of nitrogens with zero attached hydrogens (tertiary/aromatic N) is 1. The number of rotatable bonds is 6. The van der Waals surface area contributed by atoms with Crippen molar-refractivity contribution >= 4 is 11.6 Å². The molecule has 0 aromatic heterocycles. The molecule has 0 saturated heterocycles. The molecule has 1 aromatic carbocycles. The molecule has 1 rings (SSSR count). The quantitative estimate of drug-likeness (QED) is 0.453. The molecule has 1 aromatic rings. The molecule has 4 nitrogen and oxygen atoms in total. The first-order chi connectivity index (χ1) is 7.67. The third-order valence-corrected chi connectivity index (χ3v) is 2.41. The highest BCUT2D eigenvalue weighted by molar-refractivity contribution is 6.32. The van der Waals surface area contributed by atoms with Crippen LogP contribution in [0.4, 0.5) is 0 Å². The Hall–Kier alpha value is -0.810. The molecule has 0 unspecified atom stereocenters. The monoisotopic (exact) mass is 243 g/mol. The van der Waals surface area contributed by atoms with E-state index in [1.54, 1.807) is 0 Å². The second-order valence-corrected chi connectivity index (χ2v) is 3.98. The first-order valence-corrected chi connectivity index (χ1v) is 5.58. The van der Waals surface area contributed by atoms with Gasteiger partial charge in [0.1, 0.15) is 5.75 Å². The molecule has 0 bridgehead atoms. The van der Waals surface area contributed by atoms with Crippen LogP contribution in [-0.4, -0.2) is 25.2 Å². The van der Waals surface area contributed by atoms with Gasteiger partial charge in [-0.15, -0.1) is 0 Å². The zero-order chi connectivity index (χ0) is 12.0. The lowest BCUT2D eigenvalue weighted by Crippen LogP contribution is -2.34. The number of hydrogen-bond donors (Lipinski definition) is 2. The minimum Gasteiger partial charge on any atom is -0.492 e. The molecule has 0 aliphatic rings. The maximum Gasteiger partial charge on any atom is 0.137 e. The normalized spacial score (nSPS) is 10.8. The van der Waals surface area contributed by atoms with Crippen molar-refractivity contribution < 1.29 is 4.74 Å². The molecule has 0 heterocycles. The van der Waals surface area contributed by atoms with E-state index in [0.29, 0.717) is 18.3 Å². The van der Waals surface area contributed by atoms with Crippen molar-refractivity contribution in [3.8, 4) is 5.75 Å². The summed E-state index contributed by atoms with van der Waals surface area (Å²) in [7, 11) is 1.98. The fraction of sp³-hybridized carbons (Fsp3) is 0.455. The molecule has 0 amide bonds. The smallest absolute Gasteiger partial charge is 0.137 e. The molecule has 0 aliphatic carbocycles. The molecule has 0 radical (unpaired) electrons. The van der Waals surface area contributed by atoms with Gasteiger partial charge in [0, 0.05) is 6.54 Å². The van der Waals surface area contributed by atoms with Gasteiger partial charge in [0.2, 0.25) is 0 Å². The second kappa shape index (κ2) is 6.70. The zero-order valence-corrected chi connectivity index (χ0v) is 10.4. The molecule has 16 heavy (non-hydrogen) atoms. The lowest BCUT2D eigenvalue weighted by molar-refractivity contribution is 0.301. The van der Waals surface area contributed by atoms with Gasteiger partial charge in [0.05, 0.1) is 18.3 Å². The average molecular weight is 244 g/mol. The summed E-state index contributed by atoms with van der Waals surface area (Å²) in [6.45, 7) is 3.97. The molecule has 0 atom stereocenters. The van der Waals surface area contributed by atoms with E-state index < -0.39 is 0 Å². The van der Waals surface area contributed by atoms with Gasteiger partial charge in [-0.1, -0.05) is 17.7 Å². The standard InChI is InChI=1S/C11H18ClN3O/c1-3-16-11-5-4-9(6-10(11)12)7-15(2)8-14-13/h4-6,14H,3,7-8,13H2,1-2H3. The Morgan fingerprint density at radius 3 is 2.81 bits per heavy atom. The van der Waals surface area contributed by atoms with Crippen molar-refractivity contribution in [1.29, 1.82) is 0 Å². The predicted octanol–water partition coefficient (Wildman–Crippen LogP) is 1.59. The first-order valence-electron chi connectivity index (χ1n) is 5.20. The van der Waals surface area contributed by atoms with Gasteiger partial charge in [-0.2, -0.15) is 0 Å². The minimum atomic E-state index is 0.621. The van der Waals surface area contributed by atoms with E-state index in [9.17, 15) is 0 Å². The van der Waals surface area contributed by atoms with Gasteiger partial charge in [0.15, 0.2) is 0 Å². The van der Waals surface area contributed by atoms with Crippen molar-refractivity contribution in [3.63, 3.8) is 0 Å². The lowest BCUT2D eigenvalue weighted by Gasteiger charge is -2.16. The summed E-state index contributed by atoms with van der Waals surface area (Å²) in [6.07, 6.45) is 0. The number of benzene rings is 1. The van der Waals surface area contributed by atoms with E-state index in [1.807, 2.05) is 37.1 Å². The highest BCUT2D eigenvalue weighted by Gasteiger charge is 2.04. The van der Waals surface area contributed by atoms with Crippen LogP contribution in [-0.2, 0) is 6.54 Å². The molecule has 0 fully saturated rings. The Kier molecular flexibility index (Phi) is 5.55. The van der Waals surface area contributed by atoms with Crippen LogP contribution in [0.1, 0.15) is 12.5 Å². The van der Waals surface area contributed by atoms with Crippen LogP contribution in [0.5, 0.6) is 5.75 Å². The van der Waals surface area contributed by atoms with E-state index in [4.69, 9.17) is 22.2 Å². The van der Waals surface area contributed by atoms with E-state index in [1.165, 1.54) is 0 Å². The number of hydrazine groups is 1. The SMILES string of the molecule is CCOc1ccc(CN(C)CNN)cc1Cl. The Bertz CT molecular complexity index is 333. The number of halogens is 1. The number of ether oxygens (including phenoxy) is 1. The van der Waals surface area contributed by atoms with Crippen molar-refractivity contribution in [3.05, 3.63) is 28.8 Å². The predicted molar refractivity (Wildman–Crippen MR) is 66.3 cm³/mol. The summed E-state index contributed by atoms with van der Waals surface area (Å²) in [5, 5.41) is 0.647. The van der Waals surface area contributed by atoms with Crippen molar-refractivity contribution in [2.24, 2.45) is 5.84 Å². The summed E-state index contributed by atoms with van der Waals surface area (Å²) < 4.78 is 5.37. The average Bonchev–Trinajstić information content (AvgIpc) is 2.22. The Morgan fingerprint density at radius 2 is 2.25 bits per heavy atom. The summed E-state index contributed by atoms with van der Waals surface area (Å²) in [6, 6.07) is 5.81. The molecule has 0 aliphatic heterocycles. The Balaban J connectivity index is 2.65. The van der Waals surface area contributed by atoms with Crippen LogP contribution in [0.3, 0.4) is 0 Å². The van der Waals surface area contributed by atoms with E-state index in [0.717, 1.165) is 17.9 Å². The summed E-state index contributed by atoms with van der Waals surface area (Å²) >= 11 is 6.08. The van der Waals surface area contributed by atoms with E-state index in [2.05, 4.69) is 5.43 Å². The Morgan fingerprint density at radius 1 is 1.50 bits per heavy atom. The molecule has 3 N–H and O–H groups in total. The summed E-state index contributed by atoms with van der Waals surface area (Å²) in [5.74, 6) is 5.97. The van der Waals surface area contributed by atoms with Crippen molar-refractivity contribution in [1.82, 2.24) is 10.3 Å². The van der Waals surface area contributed by atoms with Gasteiger partial charge < -0.3 is 4.74 Å². The maximum atomic E-state index is 6.08. The molecule has 5 heteroatoms. The molecular formula is C11H18ClN3O. The van der Waals surface area contributed by atoms with Crippen molar-refractivity contribution in [2.75, 3.05) is 20.3 Å². The third kappa shape index (κ3) is 3.98. The van der Waals surface area contributed by atoms with Crippen LogP contribution >= 0.6 is 11.6 Å². The maximum absolute atomic E-state index is 6.08. The van der Waals surface area contributed by atoms with Crippen molar-refractivity contribution in [2.45, 2.75) is 13.5 Å². The number of nitrogens with one attached hydrogen (secondary N) is 1. The fourth-order valence-corrected chi connectivity index (χ4v) is 1.70. The molecule has 0 saturated carbocycles. The van der Waals surface area contributed by atoms with Crippen LogP contribution in [0.15, 0.2) is 18.2 Å². The minimum absolute atomic E-state index is 0.621. The molecular weight excluding hydrogens is 226 g/mol. The van der Waals surface area contributed by atoms with Gasteiger partial charge >= 0.3 is 0 Å². The second-order valence-electron chi connectivity index (χ2n) is 3.57.